The van der Waals surface area contributed by atoms with Crippen LogP contribution in [0.4, 0.5) is 4.39 Å². The normalized spacial score (nSPS) is 12.6. The molecule has 1 N–H and O–H groups in total. The number of hydrogen-bond donors (Lipinski definition) is 1. The van der Waals surface area contributed by atoms with E-state index in [9.17, 15) is 9.50 Å². The Kier molecular flexibility index (Phi) is 8.83. The molecule has 1 aromatic heterocycles. The number of aromatic nitrogens is 1. The van der Waals surface area contributed by atoms with Crippen molar-refractivity contribution in [2.45, 2.75) is 39.6 Å². The number of rotatable bonds is 12. The van der Waals surface area contributed by atoms with E-state index in [1.165, 1.54) is 6.07 Å². The first kappa shape index (κ1) is 23.2. The van der Waals surface area contributed by atoms with Gasteiger partial charge in [-0.2, -0.15) is 0 Å². The molecule has 0 radical (unpaired) electrons. The Labute approximate surface area is 184 Å². The molecule has 3 aromatic rings. The molecule has 0 amide bonds. The zero-order chi connectivity index (χ0) is 22.1. The summed E-state index contributed by atoms with van der Waals surface area (Å²) in [5.74, 6) is 0.260. The predicted molar refractivity (Wildman–Crippen MR) is 122 cm³/mol. The number of benzene rings is 2. The van der Waals surface area contributed by atoms with E-state index in [-0.39, 0.29) is 5.82 Å². The molecule has 3 rings (SSSR count). The lowest BCUT2D eigenvalue weighted by molar-refractivity contribution is 0.00644. The van der Waals surface area contributed by atoms with Gasteiger partial charge in [0, 0.05) is 38.1 Å². The number of nitrogens with zero attached hydrogens (tertiary/aromatic N) is 2. The summed E-state index contributed by atoms with van der Waals surface area (Å²) in [6, 6.07) is 20.8. The number of aliphatic hydroxyl groups excluding tert-OH is 1. The van der Waals surface area contributed by atoms with Crippen LogP contribution in [0.3, 0.4) is 0 Å². The smallest absolute Gasteiger partial charge is 0.123 e. The maximum Gasteiger partial charge on any atom is 0.123 e. The SMILES string of the molecule is CC(C)CN(Cc1cccn1Cc1cccc(F)c1)C[C@@H](O)COCc1ccccc1. The second-order valence-corrected chi connectivity index (χ2v) is 8.50. The van der Waals surface area contributed by atoms with Crippen molar-refractivity contribution in [2.75, 3.05) is 19.7 Å². The summed E-state index contributed by atoms with van der Waals surface area (Å²) in [5, 5.41) is 10.6. The first-order valence-electron chi connectivity index (χ1n) is 10.9. The van der Waals surface area contributed by atoms with Crippen LogP contribution in [0.25, 0.3) is 0 Å². The fourth-order valence-electron chi connectivity index (χ4n) is 3.77. The Morgan fingerprint density at radius 3 is 2.48 bits per heavy atom. The van der Waals surface area contributed by atoms with Crippen LogP contribution in [-0.4, -0.2) is 40.4 Å². The summed E-state index contributed by atoms with van der Waals surface area (Å²) in [4.78, 5) is 2.26. The molecule has 0 fully saturated rings. The molecule has 0 saturated carbocycles. The Morgan fingerprint density at radius 2 is 1.74 bits per heavy atom. The highest BCUT2D eigenvalue weighted by molar-refractivity contribution is 5.19. The Hall–Kier alpha value is -2.47. The van der Waals surface area contributed by atoms with Gasteiger partial charge in [-0.15, -0.1) is 0 Å². The van der Waals surface area contributed by atoms with E-state index in [1.54, 1.807) is 12.1 Å². The third kappa shape index (κ3) is 7.94. The van der Waals surface area contributed by atoms with Crippen LogP contribution in [0, 0.1) is 11.7 Å². The number of halogens is 1. The van der Waals surface area contributed by atoms with Crippen molar-refractivity contribution in [3.63, 3.8) is 0 Å². The van der Waals surface area contributed by atoms with Gasteiger partial charge in [-0.1, -0.05) is 56.3 Å². The molecule has 2 aromatic carbocycles. The lowest BCUT2D eigenvalue weighted by Gasteiger charge is -2.27. The van der Waals surface area contributed by atoms with Gasteiger partial charge in [0.15, 0.2) is 0 Å². The fraction of sp³-hybridized carbons (Fsp3) is 0.385. The van der Waals surface area contributed by atoms with Crippen molar-refractivity contribution in [1.82, 2.24) is 9.47 Å². The predicted octanol–water partition coefficient (Wildman–Crippen LogP) is 4.71. The minimum absolute atomic E-state index is 0.216. The highest BCUT2D eigenvalue weighted by Gasteiger charge is 2.16. The van der Waals surface area contributed by atoms with E-state index in [4.69, 9.17) is 4.74 Å². The summed E-state index contributed by atoms with van der Waals surface area (Å²) >= 11 is 0. The molecule has 1 heterocycles. The summed E-state index contributed by atoms with van der Waals surface area (Å²) in [7, 11) is 0. The van der Waals surface area contributed by atoms with Crippen molar-refractivity contribution in [3.8, 4) is 0 Å². The third-order valence-electron chi connectivity index (χ3n) is 5.07. The van der Waals surface area contributed by atoms with E-state index in [0.29, 0.717) is 32.2 Å². The highest BCUT2D eigenvalue weighted by Crippen LogP contribution is 2.13. The monoisotopic (exact) mass is 424 g/mol. The number of aliphatic hydroxyl groups is 1. The van der Waals surface area contributed by atoms with Crippen molar-refractivity contribution in [1.29, 1.82) is 0 Å². The molecule has 0 aliphatic heterocycles. The summed E-state index contributed by atoms with van der Waals surface area (Å²) in [5.41, 5.74) is 3.17. The average Bonchev–Trinajstić information content (AvgIpc) is 3.14. The molecule has 1 atom stereocenters. The van der Waals surface area contributed by atoms with E-state index in [2.05, 4.69) is 29.4 Å². The third-order valence-corrected chi connectivity index (χ3v) is 5.07. The van der Waals surface area contributed by atoms with Crippen LogP contribution in [0.5, 0.6) is 0 Å². The van der Waals surface area contributed by atoms with Crippen molar-refractivity contribution >= 4 is 0 Å². The van der Waals surface area contributed by atoms with Gasteiger partial charge in [-0.25, -0.2) is 4.39 Å². The minimum Gasteiger partial charge on any atom is -0.389 e. The van der Waals surface area contributed by atoms with Gasteiger partial charge >= 0.3 is 0 Å². The van der Waals surface area contributed by atoms with Gasteiger partial charge in [0.2, 0.25) is 0 Å². The van der Waals surface area contributed by atoms with Crippen LogP contribution in [0.2, 0.25) is 0 Å². The summed E-state index contributed by atoms with van der Waals surface area (Å²) in [6.45, 7) is 7.91. The van der Waals surface area contributed by atoms with Gasteiger partial charge in [0.05, 0.1) is 19.3 Å². The standard InChI is InChI=1S/C26H33FN2O2/c1-21(2)15-28(18-26(30)20-31-19-22-8-4-3-5-9-22)17-25-12-7-13-29(25)16-23-10-6-11-24(27)14-23/h3-14,21,26,30H,15-20H2,1-2H3/t26-/m1/s1. The summed E-state index contributed by atoms with van der Waals surface area (Å²) < 4.78 is 21.4. The Balaban J connectivity index is 1.56. The van der Waals surface area contributed by atoms with Crippen molar-refractivity contribution in [2.24, 2.45) is 5.92 Å². The second kappa shape index (κ2) is 11.8. The lowest BCUT2D eigenvalue weighted by atomic mass is 10.2. The van der Waals surface area contributed by atoms with E-state index >= 15 is 0 Å². The van der Waals surface area contributed by atoms with Crippen LogP contribution >= 0.6 is 0 Å². The zero-order valence-electron chi connectivity index (χ0n) is 18.5. The number of hydrogen-bond acceptors (Lipinski definition) is 3. The molecule has 166 valence electrons. The van der Waals surface area contributed by atoms with Crippen molar-refractivity contribution in [3.05, 3.63) is 95.6 Å². The largest absolute Gasteiger partial charge is 0.389 e. The van der Waals surface area contributed by atoms with Crippen molar-refractivity contribution < 1.29 is 14.2 Å². The second-order valence-electron chi connectivity index (χ2n) is 8.50. The van der Waals surface area contributed by atoms with Gasteiger partial charge in [-0.05, 0) is 41.3 Å². The molecule has 0 bridgehead atoms. The quantitative estimate of drug-likeness (QED) is 0.458. The molecule has 4 nitrogen and oxygen atoms in total. The van der Waals surface area contributed by atoms with Gasteiger partial charge in [0.25, 0.3) is 0 Å². The van der Waals surface area contributed by atoms with Crippen LogP contribution in [0.1, 0.15) is 30.7 Å². The zero-order valence-corrected chi connectivity index (χ0v) is 18.5. The Morgan fingerprint density at radius 1 is 0.968 bits per heavy atom. The van der Waals surface area contributed by atoms with Gasteiger partial charge in [-0.3, -0.25) is 4.90 Å². The molecule has 0 spiro atoms. The fourth-order valence-corrected chi connectivity index (χ4v) is 3.77. The molecule has 0 aliphatic rings. The average molecular weight is 425 g/mol. The van der Waals surface area contributed by atoms with Gasteiger partial charge < -0.3 is 14.4 Å². The molecular formula is C26H33FN2O2. The highest BCUT2D eigenvalue weighted by atomic mass is 19.1. The van der Waals surface area contributed by atoms with E-state index < -0.39 is 6.10 Å². The topological polar surface area (TPSA) is 37.6 Å². The maximum absolute atomic E-state index is 13.5. The first-order valence-corrected chi connectivity index (χ1v) is 10.9. The van der Waals surface area contributed by atoms with E-state index in [0.717, 1.165) is 29.9 Å². The lowest BCUT2D eigenvalue weighted by Crippen LogP contribution is -2.37. The first-order chi connectivity index (χ1) is 15.0. The maximum atomic E-state index is 13.5. The van der Waals surface area contributed by atoms with Crippen LogP contribution < -0.4 is 0 Å². The summed E-state index contributed by atoms with van der Waals surface area (Å²) in [6.07, 6.45) is 1.46. The van der Waals surface area contributed by atoms with Gasteiger partial charge in [0.1, 0.15) is 5.82 Å². The molecule has 0 saturated heterocycles. The molecule has 5 heteroatoms. The molecular weight excluding hydrogens is 391 g/mol. The number of ether oxygens (including phenoxy) is 1. The Bertz CT molecular complexity index is 911. The molecule has 0 aliphatic carbocycles. The van der Waals surface area contributed by atoms with Crippen LogP contribution in [-0.2, 0) is 24.4 Å². The molecule has 0 unspecified atom stereocenters. The molecule has 31 heavy (non-hydrogen) atoms. The van der Waals surface area contributed by atoms with E-state index in [1.807, 2.05) is 48.7 Å². The van der Waals surface area contributed by atoms with Crippen LogP contribution in [0.15, 0.2) is 72.9 Å². The minimum atomic E-state index is -0.561.